The number of alkyl carbamates (subject to hydrolysis) is 1. The van der Waals surface area contributed by atoms with Crippen LogP contribution in [0.15, 0.2) is 48.5 Å². The van der Waals surface area contributed by atoms with E-state index in [1.807, 2.05) is 24.3 Å². The van der Waals surface area contributed by atoms with Gasteiger partial charge in [0.1, 0.15) is 12.7 Å². The minimum atomic E-state index is -0.953. The highest BCUT2D eigenvalue weighted by Crippen LogP contribution is 2.44. The molecule has 1 fully saturated rings. The van der Waals surface area contributed by atoms with E-state index in [0.29, 0.717) is 0 Å². The number of hydrogen-bond donors (Lipinski definition) is 3. The largest absolute Gasteiger partial charge is 0.481 e. The standard InChI is InChI=1S/C27H32N2O6/c1-27(15-24(30)31,17-11-12-17)29-25(32)23(34-2)13-14-28-26(33)35-16-22-20-9-5-3-7-18(20)19-8-4-6-10-21(19)22/h3-10,17,22-23H,11-16H2,1-2H3,(H,28,33)(H,29,32)(H,30,31). The second kappa shape index (κ2) is 10.5. The van der Waals surface area contributed by atoms with Gasteiger partial charge in [-0.15, -0.1) is 0 Å². The summed E-state index contributed by atoms with van der Waals surface area (Å²) in [7, 11) is 1.42. The van der Waals surface area contributed by atoms with Gasteiger partial charge in [-0.05, 0) is 47.9 Å². The van der Waals surface area contributed by atoms with Gasteiger partial charge in [-0.25, -0.2) is 4.79 Å². The van der Waals surface area contributed by atoms with Gasteiger partial charge in [0.25, 0.3) is 0 Å². The maximum atomic E-state index is 12.7. The molecular formula is C27H32N2O6. The Morgan fingerprint density at radius 1 is 1.06 bits per heavy atom. The number of carboxylic acid groups (broad SMARTS) is 1. The SMILES string of the molecule is COC(CCNC(=O)OCC1c2ccccc2-c2ccccc21)C(=O)NC(C)(CC(=O)O)C1CC1. The van der Waals surface area contributed by atoms with Crippen LogP contribution in [0.1, 0.15) is 49.7 Å². The Bertz CT molecular complexity index is 1050. The summed E-state index contributed by atoms with van der Waals surface area (Å²) in [4.78, 5) is 36.4. The molecule has 186 valence electrons. The first kappa shape index (κ1) is 24.7. The molecule has 4 rings (SSSR count). The molecule has 0 bridgehead atoms. The number of carboxylic acids is 1. The number of benzene rings is 2. The zero-order valence-electron chi connectivity index (χ0n) is 20.1. The molecule has 2 aromatic rings. The predicted molar refractivity (Wildman–Crippen MR) is 130 cm³/mol. The smallest absolute Gasteiger partial charge is 0.407 e. The number of aliphatic carboxylic acids is 1. The minimum absolute atomic E-state index is 0.0278. The van der Waals surface area contributed by atoms with Crippen LogP contribution in [0, 0.1) is 5.92 Å². The number of carbonyl (C=O) groups excluding carboxylic acids is 2. The number of hydrogen-bond acceptors (Lipinski definition) is 5. The predicted octanol–water partition coefficient (Wildman–Crippen LogP) is 3.69. The van der Waals surface area contributed by atoms with Gasteiger partial charge in [-0.2, -0.15) is 0 Å². The third-order valence-corrected chi connectivity index (χ3v) is 7.00. The summed E-state index contributed by atoms with van der Waals surface area (Å²) < 4.78 is 10.8. The quantitative estimate of drug-likeness (QED) is 0.452. The van der Waals surface area contributed by atoms with Crippen LogP contribution in [0.4, 0.5) is 4.79 Å². The molecule has 8 heteroatoms. The van der Waals surface area contributed by atoms with E-state index in [1.54, 1.807) is 6.92 Å². The van der Waals surface area contributed by atoms with Crippen molar-refractivity contribution in [3.05, 3.63) is 59.7 Å². The van der Waals surface area contributed by atoms with Crippen LogP contribution < -0.4 is 10.6 Å². The van der Waals surface area contributed by atoms with Crippen LogP contribution in [0.2, 0.25) is 0 Å². The number of ether oxygens (including phenoxy) is 2. The fourth-order valence-corrected chi connectivity index (χ4v) is 5.00. The maximum absolute atomic E-state index is 12.7. The topological polar surface area (TPSA) is 114 Å². The highest BCUT2D eigenvalue weighted by molar-refractivity contribution is 5.83. The second-order valence-corrected chi connectivity index (χ2v) is 9.52. The van der Waals surface area contributed by atoms with Crippen LogP contribution in [0.3, 0.4) is 0 Å². The molecule has 0 aliphatic heterocycles. The first-order valence-corrected chi connectivity index (χ1v) is 12.0. The summed E-state index contributed by atoms with van der Waals surface area (Å²) in [5, 5.41) is 14.8. The zero-order chi connectivity index (χ0) is 25.0. The van der Waals surface area contributed by atoms with Gasteiger partial charge in [0, 0.05) is 26.0 Å². The highest BCUT2D eigenvalue weighted by atomic mass is 16.5. The number of fused-ring (bicyclic) bond motifs is 3. The second-order valence-electron chi connectivity index (χ2n) is 9.52. The molecule has 2 atom stereocenters. The molecule has 2 unspecified atom stereocenters. The van der Waals surface area contributed by atoms with E-state index >= 15 is 0 Å². The van der Waals surface area contributed by atoms with Gasteiger partial charge in [0.15, 0.2) is 0 Å². The molecule has 8 nitrogen and oxygen atoms in total. The molecule has 2 aromatic carbocycles. The Hall–Kier alpha value is -3.39. The number of methoxy groups -OCH3 is 1. The van der Waals surface area contributed by atoms with Crippen molar-refractivity contribution >= 4 is 18.0 Å². The Morgan fingerprint density at radius 3 is 2.20 bits per heavy atom. The molecule has 0 aromatic heterocycles. The van der Waals surface area contributed by atoms with Crippen molar-refractivity contribution in [2.45, 2.75) is 50.2 Å². The van der Waals surface area contributed by atoms with Gasteiger partial charge in [0.2, 0.25) is 5.91 Å². The Balaban J connectivity index is 1.27. The van der Waals surface area contributed by atoms with E-state index in [-0.39, 0.29) is 43.7 Å². The first-order chi connectivity index (χ1) is 16.8. The summed E-state index contributed by atoms with van der Waals surface area (Å²) in [5.41, 5.74) is 3.79. The molecule has 0 saturated heterocycles. The molecule has 2 amide bonds. The van der Waals surface area contributed by atoms with Crippen LogP contribution in [0.25, 0.3) is 11.1 Å². The third kappa shape index (κ3) is 5.65. The van der Waals surface area contributed by atoms with Crippen molar-refractivity contribution in [2.24, 2.45) is 5.92 Å². The first-order valence-electron chi connectivity index (χ1n) is 12.0. The summed E-state index contributed by atoms with van der Waals surface area (Å²) in [6, 6.07) is 16.2. The number of rotatable bonds is 11. The van der Waals surface area contributed by atoms with Crippen LogP contribution in [-0.4, -0.2) is 55.0 Å². The van der Waals surface area contributed by atoms with E-state index in [2.05, 4.69) is 34.9 Å². The summed E-state index contributed by atoms with van der Waals surface area (Å²) in [6.07, 6.45) is 0.514. The average Bonchev–Trinajstić information content (AvgIpc) is 3.64. The van der Waals surface area contributed by atoms with Crippen LogP contribution >= 0.6 is 0 Å². The summed E-state index contributed by atoms with van der Waals surface area (Å²) >= 11 is 0. The normalized spacial score (nSPS) is 17.0. The summed E-state index contributed by atoms with van der Waals surface area (Å²) in [5.74, 6) is -1.21. The van der Waals surface area contributed by atoms with Crippen LogP contribution in [0.5, 0.6) is 0 Å². The van der Waals surface area contributed by atoms with E-state index in [4.69, 9.17) is 9.47 Å². The molecular weight excluding hydrogens is 448 g/mol. The average molecular weight is 481 g/mol. The Kier molecular flexibility index (Phi) is 7.40. The van der Waals surface area contributed by atoms with Crippen molar-refractivity contribution in [1.82, 2.24) is 10.6 Å². The monoisotopic (exact) mass is 480 g/mol. The maximum Gasteiger partial charge on any atom is 0.407 e. The molecule has 2 aliphatic rings. The van der Waals surface area contributed by atoms with Gasteiger partial charge >= 0.3 is 12.1 Å². The number of nitrogens with one attached hydrogen (secondary N) is 2. The molecule has 2 aliphatic carbocycles. The van der Waals surface area contributed by atoms with Gasteiger partial charge < -0.3 is 25.2 Å². The fraction of sp³-hybridized carbons (Fsp3) is 0.444. The lowest BCUT2D eigenvalue weighted by atomic mass is 9.91. The lowest BCUT2D eigenvalue weighted by molar-refractivity contribution is -0.140. The van der Waals surface area contributed by atoms with Crippen LogP contribution in [-0.2, 0) is 19.1 Å². The van der Waals surface area contributed by atoms with E-state index in [0.717, 1.165) is 35.1 Å². The van der Waals surface area contributed by atoms with Crippen molar-refractivity contribution in [3.63, 3.8) is 0 Å². The van der Waals surface area contributed by atoms with E-state index < -0.39 is 23.7 Å². The van der Waals surface area contributed by atoms with Gasteiger partial charge in [-0.3, -0.25) is 9.59 Å². The molecule has 1 saturated carbocycles. The van der Waals surface area contributed by atoms with Crippen molar-refractivity contribution in [2.75, 3.05) is 20.3 Å². The Labute approximate surface area is 205 Å². The fourth-order valence-electron chi connectivity index (χ4n) is 5.00. The molecule has 0 radical (unpaired) electrons. The molecule has 3 N–H and O–H groups in total. The van der Waals surface area contributed by atoms with Crippen molar-refractivity contribution < 1.29 is 29.0 Å². The van der Waals surface area contributed by atoms with E-state index in [9.17, 15) is 19.5 Å². The minimum Gasteiger partial charge on any atom is -0.481 e. The van der Waals surface area contributed by atoms with Gasteiger partial charge in [0.05, 0.1) is 12.0 Å². The molecule has 0 spiro atoms. The lowest BCUT2D eigenvalue weighted by Gasteiger charge is -2.31. The van der Waals surface area contributed by atoms with Crippen molar-refractivity contribution in [3.8, 4) is 11.1 Å². The highest BCUT2D eigenvalue weighted by Gasteiger charge is 2.44. The molecule has 0 heterocycles. The number of amides is 2. The summed E-state index contributed by atoms with van der Waals surface area (Å²) in [6.45, 7) is 2.16. The lowest BCUT2D eigenvalue weighted by Crippen LogP contribution is -2.53. The zero-order valence-corrected chi connectivity index (χ0v) is 20.1. The van der Waals surface area contributed by atoms with E-state index in [1.165, 1.54) is 7.11 Å². The third-order valence-electron chi connectivity index (χ3n) is 7.00. The molecule has 35 heavy (non-hydrogen) atoms. The Morgan fingerprint density at radius 2 is 1.66 bits per heavy atom. The van der Waals surface area contributed by atoms with Gasteiger partial charge in [-0.1, -0.05) is 48.5 Å². The van der Waals surface area contributed by atoms with Crippen molar-refractivity contribution in [1.29, 1.82) is 0 Å². The number of carbonyl (C=O) groups is 3.